The average Bonchev–Trinajstić information content (AvgIpc) is 3.62. The number of fused-ring (bicyclic) bond motifs is 6. The molecule has 9 nitrogen and oxygen atoms in total. The maximum Gasteiger partial charge on any atom is 0.315 e. The zero-order valence-electron chi connectivity index (χ0n) is 23.7. The Kier molecular flexibility index (Phi) is 7.48. The molecule has 3 heterocycles. The number of furan rings is 1. The highest BCUT2D eigenvalue weighted by atomic mass is 32.2. The highest BCUT2D eigenvalue weighted by molar-refractivity contribution is 8.00. The molecule has 218 valence electrons. The Morgan fingerprint density at radius 2 is 1.90 bits per heavy atom. The van der Waals surface area contributed by atoms with Crippen LogP contribution in [0, 0.1) is 6.92 Å². The first-order valence-electron chi connectivity index (χ1n) is 14.5. The van der Waals surface area contributed by atoms with Crippen molar-refractivity contribution in [3.05, 3.63) is 46.2 Å². The summed E-state index contributed by atoms with van der Waals surface area (Å²) in [5, 5.41) is 6.34. The van der Waals surface area contributed by atoms with Gasteiger partial charge in [0.2, 0.25) is 11.6 Å². The number of rotatable bonds is 9. The lowest BCUT2D eigenvalue weighted by Gasteiger charge is -2.41. The lowest BCUT2D eigenvalue weighted by molar-refractivity contribution is -0.146. The van der Waals surface area contributed by atoms with Gasteiger partial charge in [0.15, 0.2) is 0 Å². The zero-order chi connectivity index (χ0) is 28.9. The Morgan fingerprint density at radius 1 is 1.10 bits per heavy atom. The normalized spacial score (nSPS) is 25.6. The van der Waals surface area contributed by atoms with E-state index in [0.717, 1.165) is 36.1 Å². The van der Waals surface area contributed by atoms with Gasteiger partial charge in [0.1, 0.15) is 12.4 Å². The smallest absolute Gasteiger partial charge is 0.315 e. The first-order chi connectivity index (χ1) is 19.7. The number of amides is 2. The predicted molar refractivity (Wildman–Crippen MR) is 154 cm³/mol. The lowest BCUT2D eigenvalue weighted by atomic mass is 9.67. The third-order valence-corrected chi connectivity index (χ3v) is 10.6. The van der Waals surface area contributed by atoms with Gasteiger partial charge in [0.25, 0.3) is 0 Å². The first kappa shape index (κ1) is 28.0. The van der Waals surface area contributed by atoms with E-state index in [4.69, 9.17) is 13.9 Å². The van der Waals surface area contributed by atoms with Crippen LogP contribution in [-0.4, -0.2) is 66.0 Å². The number of nitrogens with one attached hydrogen (secondary N) is 2. The van der Waals surface area contributed by atoms with E-state index < -0.39 is 17.0 Å². The fourth-order valence-corrected chi connectivity index (χ4v) is 8.43. The van der Waals surface area contributed by atoms with Crippen molar-refractivity contribution in [2.24, 2.45) is 0 Å². The molecule has 41 heavy (non-hydrogen) atoms. The van der Waals surface area contributed by atoms with Crippen LogP contribution in [0.4, 0.5) is 4.79 Å². The number of aryl methyl sites for hydroxylation is 1. The summed E-state index contributed by atoms with van der Waals surface area (Å²) in [4.78, 5) is 49.9. The summed E-state index contributed by atoms with van der Waals surface area (Å²) in [6.07, 6.45) is 5.71. The monoisotopic (exact) mass is 580 g/mol. The molecule has 3 unspecified atom stereocenters. The van der Waals surface area contributed by atoms with E-state index in [0.29, 0.717) is 59.1 Å². The number of unbranched alkanes of at least 4 members (excludes halogenated alkanes) is 1. The van der Waals surface area contributed by atoms with Gasteiger partial charge in [-0.3, -0.25) is 14.4 Å². The number of Topliss-reactive ketones (excluding diaryl/α,β-unsaturated/α-hetero) is 2. The summed E-state index contributed by atoms with van der Waals surface area (Å²) in [6, 6.07) is 4.24. The second-order valence-corrected chi connectivity index (χ2v) is 13.3. The van der Waals surface area contributed by atoms with E-state index in [1.54, 1.807) is 6.92 Å². The van der Waals surface area contributed by atoms with Gasteiger partial charge < -0.3 is 24.5 Å². The Bertz CT molecular complexity index is 1410. The number of urea groups is 1. The molecule has 10 heteroatoms. The van der Waals surface area contributed by atoms with Crippen molar-refractivity contribution in [3.8, 4) is 11.3 Å². The van der Waals surface area contributed by atoms with Crippen LogP contribution < -0.4 is 10.6 Å². The summed E-state index contributed by atoms with van der Waals surface area (Å²) in [7, 11) is 0. The Morgan fingerprint density at radius 3 is 2.73 bits per heavy atom. The molecule has 2 saturated heterocycles. The van der Waals surface area contributed by atoms with Gasteiger partial charge in [-0.1, -0.05) is 32.4 Å². The quantitative estimate of drug-likeness (QED) is 0.192. The Balaban J connectivity index is 0.985. The number of ether oxygens (including phenoxy) is 2. The van der Waals surface area contributed by atoms with Crippen molar-refractivity contribution in [1.82, 2.24) is 10.6 Å². The van der Waals surface area contributed by atoms with Crippen LogP contribution in [0.15, 0.2) is 22.8 Å². The molecular formula is C31H36N2O7S. The van der Waals surface area contributed by atoms with Crippen LogP contribution >= 0.6 is 11.8 Å². The van der Waals surface area contributed by atoms with E-state index in [-0.39, 0.29) is 36.8 Å². The summed E-state index contributed by atoms with van der Waals surface area (Å²) >= 11 is 1.88. The molecule has 1 aromatic carbocycles. The van der Waals surface area contributed by atoms with Crippen molar-refractivity contribution in [1.29, 1.82) is 0 Å². The molecular weight excluding hydrogens is 544 g/mol. The molecule has 6 rings (SSSR count). The number of hydrogen-bond donors (Lipinski definition) is 2. The molecule has 0 spiro atoms. The molecule has 2 fully saturated rings. The molecule has 4 aliphatic rings. The van der Waals surface area contributed by atoms with Crippen molar-refractivity contribution in [3.63, 3.8) is 0 Å². The van der Waals surface area contributed by atoms with Gasteiger partial charge in [-0.25, -0.2) is 4.79 Å². The highest BCUT2D eigenvalue weighted by Gasteiger charge is 2.44. The third kappa shape index (κ3) is 4.99. The first-order valence-corrected chi connectivity index (χ1v) is 15.5. The molecule has 2 aliphatic heterocycles. The molecule has 4 atom stereocenters. The molecule has 2 aliphatic carbocycles. The average molecular weight is 581 g/mol. The van der Waals surface area contributed by atoms with E-state index in [2.05, 4.69) is 24.5 Å². The minimum atomic E-state index is -0.504. The zero-order valence-corrected chi connectivity index (χ0v) is 24.5. The number of esters is 1. The number of benzene rings is 1. The van der Waals surface area contributed by atoms with Crippen molar-refractivity contribution in [2.45, 2.75) is 88.1 Å². The minimum Gasteiger partial charge on any atom is -0.463 e. The summed E-state index contributed by atoms with van der Waals surface area (Å²) < 4.78 is 17.3. The van der Waals surface area contributed by atoms with Crippen LogP contribution in [-0.2, 0) is 26.1 Å². The lowest BCUT2D eigenvalue weighted by Crippen LogP contribution is -2.42. The highest BCUT2D eigenvalue weighted by Crippen LogP contribution is 2.45. The van der Waals surface area contributed by atoms with Crippen molar-refractivity contribution < 1.29 is 33.1 Å². The van der Waals surface area contributed by atoms with Gasteiger partial charge in [-0.05, 0) is 49.3 Å². The van der Waals surface area contributed by atoms with Crippen LogP contribution in [0.5, 0.6) is 0 Å². The SMILES string of the molecule is Cc1coc2c1C(=O)C(=O)c1c-2ccc2c1CC[C@H](OCCOC(=O)CCCCC1SCC3NC(=O)NC31)C2(C)C. The number of ketones is 2. The van der Waals surface area contributed by atoms with Gasteiger partial charge in [0.05, 0.1) is 36.6 Å². The van der Waals surface area contributed by atoms with Crippen LogP contribution in [0.3, 0.4) is 0 Å². The third-order valence-electron chi connectivity index (χ3n) is 9.07. The van der Waals surface area contributed by atoms with Crippen molar-refractivity contribution in [2.75, 3.05) is 19.0 Å². The summed E-state index contributed by atoms with van der Waals surface area (Å²) in [5.41, 5.74) is 3.69. The maximum atomic E-state index is 13.2. The maximum absolute atomic E-state index is 13.2. The van der Waals surface area contributed by atoms with E-state index >= 15 is 0 Å². The molecule has 0 saturated carbocycles. The Labute approximate surface area is 243 Å². The number of carbonyl (C=O) groups is 4. The standard InChI is InChI=1S/C31H36N2O7S/c1-16-14-40-29-18-8-10-19-17(25(18)28(36)27(35)24(16)29)9-11-22(31(19,2)3)38-12-13-39-23(34)7-5-4-6-21-26-20(15-41-21)32-30(37)33-26/h8,10,14,20-22,26H,4-7,9,11-13,15H2,1-3H3,(H2,32,33,37)/t20?,21?,22-,26?/m0/s1. The molecule has 2 aromatic rings. The number of thioether (sulfide) groups is 1. The fraction of sp³-hybridized carbons (Fsp3) is 0.548. The molecule has 0 bridgehead atoms. The minimum absolute atomic E-state index is 0.0781. The van der Waals surface area contributed by atoms with E-state index in [9.17, 15) is 19.2 Å². The largest absolute Gasteiger partial charge is 0.463 e. The molecule has 1 aromatic heterocycles. The summed E-state index contributed by atoms with van der Waals surface area (Å²) in [6.45, 7) is 6.44. The molecule has 2 amide bonds. The molecule has 2 N–H and O–H groups in total. The number of carbonyl (C=O) groups excluding carboxylic acids is 4. The van der Waals surface area contributed by atoms with E-state index in [1.165, 1.54) is 6.26 Å². The summed E-state index contributed by atoms with van der Waals surface area (Å²) in [5.74, 6) is 0.219. The number of hydrogen-bond acceptors (Lipinski definition) is 8. The van der Waals surface area contributed by atoms with Crippen LogP contribution in [0.25, 0.3) is 11.3 Å². The van der Waals surface area contributed by atoms with E-state index in [1.807, 2.05) is 23.9 Å². The Hall–Kier alpha value is -3.11. The second-order valence-electron chi connectivity index (χ2n) is 12.0. The topological polar surface area (TPSA) is 124 Å². The van der Waals surface area contributed by atoms with Crippen LogP contribution in [0.1, 0.15) is 83.4 Å². The van der Waals surface area contributed by atoms with Gasteiger partial charge in [-0.15, -0.1) is 0 Å². The second kappa shape index (κ2) is 10.9. The van der Waals surface area contributed by atoms with Crippen LogP contribution in [0.2, 0.25) is 0 Å². The van der Waals surface area contributed by atoms with Crippen molar-refractivity contribution >= 4 is 35.3 Å². The fourth-order valence-electron chi connectivity index (χ4n) is 6.89. The predicted octanol–water partition coefficient (Wildman–Crippen LogP) is 4.51. The van der Waals surface area contributed by atoms with Gasteiger partial charge in [0, 0.05) is 34.0 Å². The van der Waals surface area contributed by atoms with Gasteiger partial charge in [-0.2, -0.15) is 11.8 Å². The van der Waals surface area contributed by atoms with Gasteiger partial charge >= 0.3 is 12.0 Å². The molecule has 0 radical (unpaired) electrons.